The number of nitrogens with zero attached hydrogens (tertiary/aromatic N) is 1. The molecule has 0 aliphatic carbocycles. The fraction of sp³-hybridized carbons (Fsp3) is 0.818. The second-order valence-corrected chi connectivity index (χ2v) is 3.93. The summed E-state index contributed by atoms with van der Waals surface area (Å²) in [5, 5.41) is 3.31. The highest BCUT2D eigenvalue weighted by atomic mass is 16.2. The Hall–Kier alpha value is -0.900. The van der Waals surface area contributed by atoms with Crippen molar-refractivity contribution in [3.05, 3.63) is 0 Å². The van der Waals surface area contributed by atoms with Crippen molar-refractivity contribution in [2.24, 2.45) is 0 Å². The molecule has 2 saturated heterocycles. The smallest absolute Gasteiger partial charge is 0.224 e. The lowest BCUT2D eigenvalue weighted by atomic mass is 10.0. The molecule has 2 aliphatic heterocycles. The highest BCUT2D eigenvalue weighted by molar-refractivity contribution is 5.77. The van der Waals surface area contributed by atoms with Crippen LogP contribution in [-0.2, 0) is 9.59 Å². The minimum absolute atomic E-state index is 0.352. The maximum Gasteiger partial charge on any atom is 0.224 e. The van der Waals surface area contributed by atoms with Crippen LogP contribution in [0.25, 0.3) is 0 Å². The van der Waals surface area contributed by atoms with E-state index in [1.165, 1.54) is 26.2 Å². The molecular weight excluding hydrogens is 192 g/mol. The zero-order valence-electron chi connectivity index (χ0n) is 9.37. The van der Waals surface area contributed by atoms with E-state index in [1.807, 2.05) is 0 Å². The summed E-state index contributed by atoms with van der Waals surface area (Å²) in [5.74, 6) is 0.352. The van der Waals surface area contributed by atoms with Crippen molar-refractivity contribution in [3.63, 3.8) is 0 Å². The van der Waals surface area contributed by atoms with Crippen LogP contribution in [0.15, 0.2) is 0 Å². The lowest BCUT2D eigenvalue weighted by molar-refractivity contribution is -0.133. The third-order valence-electron chi connectivity index (χ3n) is 2.84. The lowest BCUT2D eigenvalue weighted by Crippen LogP contribution is -2.45. The quantitative estimate of drug-likeness (QED) is 0.597. The van der Waals surface area contributed by atoms with Gasteiger partial charge in [-0.2, -0.15) is 0 Å². The van der Waals surface area contributed by atoms with Gasteiger partial charge >= 0.3 is 0 Å². The van der Waals surface area contributed by atoms with Crippen molar-refractivity contribution in [2.75, 3.05) is 19.6 Å². The number of hydrogen-bond acceptors (Lipinski definition) is 3. The van der Waals surface area contributed by atoms with Crippen LogP contribution >= 0.6 is 0 Å². The maximum atomic E-state index is 11.5. The summed E-state index contributed by atoms with van der Waals surface area (Å²) < 4.78 is 0. The molecule has 86 valence electrons. The molecule has 0 bridgehead atoms. The monoisotopic (exact) mass is 212 g/mol. The van der Waals surface area contributed by atoms with Gasteiger partial charge in [0.15, 0.2) is 0 Å². The van der Waals surface area contributed by atoms with Gasteiger partial charge in [0.05, 0.1) is 0 Å². The van der Waals surface area contributed by atoms with Gasteiger partial charge in [-0.15, -0.1) is 0 Å². The second kappa shape index (κ2) is 6.56. The van der Waals surface area contributed by atoms with Crippen LogP contribution in [0, 0.1) is 0 Å². The van der Waals surface area contributed by atoms with Crippen molar-refractivity contribution in [1.82, 2.24) is 10.2 Å². The van der Waals surface area contributed by atoms with Gasteiger partial charge in [0.1, 0.15) is 6.29 Å². The predicted molar refractivity (Wildman–Crippen MR) is 58.6 cm³/mol. The first-order valence-electron chi connectivity index (χ1n) is 5.69. The van der Waals surface area contributed by atoms with Crippen LogP contribution in [-0.4, -0.2) is 42.8 Å². The Labute approximate surface area is 91.0 Å². The van der Waals surface area contributed by atoms with Crippen molar-refractivity contribution in [2.45, 2.75) is 38.6 Å². The van der Waals surface area contributed by atoms with Gasteiger partial charge in [0, 0.05) is 32.1 Å². The zero-order valence-corrected chi connectivity index (χ0v) is 9.37. The van der Waals surface area contributed by atoms with Crippen molar-refractivity contribution < 1.29 is 9.59 Å². The molecule has 0 spiro atoms. The maximum absolute atomic E-state index is 11.5. The fourth-order valence-corrected chi connectivity index (χ4v) is 2.15. The Kier molecular flexibility index (Phi) is 5.32. The first kappa shape index (κ1) is 12.2. The molecule has 0 saturated carbocycles. The van der Waals surface area contributed by atoms with E-state index in [0.29, 0.717) is 18.4 Å². The molecule has 0 aromatic heterocycles. The van der Waals surface area contributed by atoms with Crippen LogP contribution < -0.4 is 5.32 Å². The Balaban J connectivity index is 0.000000337. The standard InChI is InChI=1S/C9H16N2O.C2H4O/c12-9-4-5-10-7-8-3-1-2-6-11(8)9;1-2-3/h8,10H,1-7H2;2H,1H3. The number of hydrogen-bond donors (Lipinski definition) is 1. The van der Waals surface area contributed by atoms with Crippen LogP contribution in [0.3, 0.4) is 0 Å². The molecule has 4 nitrogen and oxygen atoms in total. The summed E-state index contributed by atoms with van der Waals surface area (Å²) in [6, 6.07) is 0.494. The van der Waals surface area contributed by atoms with E-state index in [0.717, 1.165) is 25.9 Å². The number of nitrogens with one attached hydrogen (secondary N) is 1. The molecule has 0 radical (unpaired) electrons. The molecule has 0 aromatic carbocycles. The zero-order chi connectivity index (χ0) is 11.1. The molecule has 2 rings (SSSR count). The van der Waals surface area contributed by atoms with Gasteiger partial charge < -0.3 is 15.0 Å². The number of rotatable bonds is 0. The highest BCUT2D eigenvalue weighted by Gasteiger charge is 2.27. The average Bonchev–Trinajstić information content (AvgIpc) is 2.43. The molecule has 15 heavy (non-hydrogen) atoms. The number of carbonyl (C=O) groups excluding carboxylic acids is 2. The molecule has 1 unspecified atom stereocenters. The van der Waals surface area contributed by atoms with Crippen molar-refractivity contribution in [3.8, 4) is 0 Å². The summed E-state index contributed by atoms with van der Waals surface area (Å²) in [6.45, 7) is 4.31. The minimum Gasteiger partial charge on any atom is -0.338 e. The van der Waals surface area contributed by atoms with E-state index in [1.54, 1.807) is 0 Å². The molecule has 1 N–H and O–H groups in total. The van der Waals surface area contributed by atoms with Gasteiger partial charge in [0.25, 0.3) is 0 Å². The fourth-order valence-electron chi connectivity index (χ4n) is 2.15. The largest absolute Gasteiger partial charge is 0.338 e. The molecule has 1 amide bonds. The Morgan fingerprint density at radius 2 is 2.20 bits per heavy atom. The minimum atomic E-state index is 0.352. The van der Waals surface area contributed by atoms with Gasteiger partial charge in [-0.25, -0.2) is 0 Å². The van der Waals surface area contributed by atoms with Crippen LogP contribution in [0.1, 0.15) is 32.6 Å². The summed E-state index contributed by atoms with van der Waals surface area (Å²) in [5.41, 5.74) is 0. The Morgan fingerprint density at radius 3 is 2.93 bits per heavy atom. The van der Waals surface area contributed by atoms with Crippen LogP contribution in [0.2, 0.25) is 0 Å². The third kappa shape index (κ3) is 3.63. The predicted octanol–water partition coefficient (Wildman–Crippen LogP) is 0.566. The van der Waals surface area contributed by atoms with Crippen LogP contribution in [0.5, 0.6) is 0 Å². The van der Waals surface area contributed by atoms with Crippen molar-refractivity contribution >= 4 is 12.2 Å². The van der Waals surface area contributed by atoms with E-state index in [2.05, 4.69) is 10.2 Å². The van der Waals surface area contributed by atoms with E-state index in [9.17, 15) is 4.79 Å². The van der Waals surface area contributed by atoms with Gasteiger partial charge in [0.2, 0.25) is 5.91 Å². The molecule has 4 heteroatoms. The SMILES string of the molecule is CC=O.O=C1CCNCC2CCCCN12. The Morgan fingerprint density at radius 1 is 1.47 bits per heavy atom. The molecule has 2 fully saturated rings. The number of fused-ring (bicyclic) bond motifs is 1. The van der Waals surface area contributed by atoms with Gasteiger partial charge in [-0.1, -0.05) is 0 Å². The third-order valence-corrected chi connectivity index (χ3v) is 2.84. The summed E-state index contributed by atoms with van der Waals surface area (Å²) >= 11 is 0. The molecule has 2 aliphatic rings. The average molecular weight is 212 g/mol. The normalized spacial score (nSPS) is 25.8. The number of aldehydes is 1. The van der Waals surface area contributed by atoms with E-state index < -0.39 is 0 Å². The molecule has 1 atom stereocenters. The summed E-state index contributed by atoms with van der Waals surface area (Å²) in [7, 11) is 0. The van der Waals surface area contributed by atoms with E-state index >= 15 is 0 Å². The van der Waals surface area contributed by atoms with E-state index in [-0.39, 0.29) is 0 Å². The lowest BCUT2D eigenvalue weighted by Gasteiger charge is -2.34. The Bertz CT molecular complexity index is 219. The number of carbonyl (C=O) groups is 2. The highest BCUT2D eigenvalue weighted by Crippen LogP contribution is 2.18. The van der Waals surface area contributed by atoms with Crippen LogP contribution in [0.4, 0.5) is 0 Å². The first-order valence-corrected chi connectivity index (χ1v) is 5.69. The summed E-state index contributed by atoms with van der Waals surface area (Å²) in [6.07, 6.45) is 5.12. The summed E-state index contributed by atoms with van der Waals surface area (Å²) in [4.78, 5) is 22.4. The second-order valence-electron chi connectivity index (χ2n) is 3.93. The van der Waals surface area contributed by atoms with Gasteiger partial charge in [-0.3, -0.25) is 4.79 Å². The first-order chi connectivity index (χ1) is 7.29. The topological polar surface area (TPSA) is 49.4 Å². The van der Waals surface area contributed by atoms with Gasteiger partial charge in [-0.05, 0) is 26.2 Å². The molecule has 0 aromatic rings. The molecule has 2 heterocycles. The van der Waals surface area contributed by atoms with E-state index in [4.69, 9.17) is 4.79 Å². The number of piperidine rings is 1. The number of amides is 1. The van der Waals surface area contributed by atoms with Crippen molar-refractivity contribution in [1.29, 1.82) is 0 Å². The molecular formula is C11H20N2O2.